The van der Waals surface area contributed by atoms with Crippen molar-refractivity contribution < 1.29 is 14.3 Å². The zero-order valence-corrected chi connectivity index (χ0v) is 15.8. The van der Waals surface area contributed by atoms with E-state index in [1.54, 1.807) is 11.8 Å². The summed E-state index contributed by atoms with van der Waals surface area (Å²) < 4.78 is 6.15. The summed E-state index contributed by atoms with van der Waals surface area (Å²) >= 11 is 0. The number of piperazine rings is 1. The lowest BCUT2D eigenvalue weighted by Gasteiger charge is -2.39. The molecule has 3 rings (SSSR count). The van der Waals surface area contributed by atoms with Crippen LogP contribution in [0.1, 0.15) is 71.1 Å². The monoisotopic (exact) mass is 350 g/mol. The van der Waals surface area contributed by atoms with Crippen LogP contribution in [0.15, 0.2) is 0 Å². The number of hydrogen-bond donors (Lipinski definition) is 0. The van der Waals surface area contributed by atoms with Gasteiger partial charge in [-0.2, -0.15) is 0 Å². The average Bonchev–Trinajstić information content (AvgIpc) is 2.67. The molecule has 0 radical (unpaired) electrons. The van der Waals surface area contributed by atoms with E-state index in [4.69, 9.17) is 4.74 Å². The maximum Gasteiger partial charge on any atom is 0.410 e. The molecule has 1 aliphatic heterocycles. The second-order valence-electron chi connectivity index (χ2n) is 8.14. The highest BCUT2D eigenvalue weighted by Crippen LogP contribution is 2.37. The van der Waals surface area contributed by atoms with E-state index in [1.807, 2.05) is 4.90 Å². The number of ether oxygens (including phenoxy) is 1. The summed E-state index contributed by atoms with van der Waals surface area (Å²) in [6.07, 6.45) is 12.6. The van der Waals surface area contributed by atoms with E-state index in [1.165, 1.54) is 64.2 Å². The summed E-state index contributed by atoms with van der Waals surface area (Å²) in [7, 11) is 0. The van der Waals surface area contributed by atoms with Gasteiger partial charge in [0, 0.05) is 33.1 Å². The summed E-state index contributed by atoms with van der Waals surface area (Å²) in [6.45, 7) is 4.04. The van der Waals surface area contributed by atoms with Crippen LogP contribution in [0.5, 0.6) is 0 Å². The van der Waals surface area contributed by atoms with Gasteiger partial charge in [0.05, 0.1) is 0 Å². The highest BCUT2D eigenvalue weighted by molar-refractivity contribution is 5.74. The normalized spacial score (nSPS) is 23.8. The van der Waals surface area contributed by atoms with Crippen molar-refractivity contribution in [2.45, 2.75) is 77.2 Å². The van der Waals surface area contributed by atoms with Gasteiger partial charge in [0.25, 0.3) is 0 Å². The zero-order chi connectivity index (χ0) is 17.6. The third-order valence-corrected chi connectivity index (χ3v) is 6.45. The lowest BCUT2D eigenvalue weighted by Crippen LogP contribution is -2.51. The average molecular weight is 351 g/mol. The van der Waals surface area contributed by atoms with Crippen molar-refractivity contribution >= 4 is 12.0 Å². The van der Waals surface area contributed by atoms with Gasteiger partial charge in [-0.15, -0.1) is 0 Å². The fraction of sp³-hybridized carbons (Fsp3) is 0.900. The fourth-order valence-corrected chi connectivity index (χ4v) is 4.90. The number of carbonyl (C=O) groups excluding carboxylic acids is 2. The van der Waals surface area contributed by atoms with E-state index in [0.717, 1.165) is 0 Å². The van der Waals surface area contributed by atoms with Crippen molar-refractivity contribution in [3.05, 3.63) is 0 Å². The van der Waals surface area contributed by atoms with Crippen molar-refractivity contribution in [2.75, 3.05) is 26.2 Å². The van der Waals surface area contributed by atoms with Crippen LogP contribution in [0.3, 0.4) is 0 Å². The Balaban J connectivity index is 1.58. The van der Waals surface area contributed by atoms with Crippen LogP contribution < -0.4 is 0 Å². The first-order valence-corrected chi connectivity index (χ1v) is 10.4. The van der Waals surface area contributed by atoms with Crippen LogP contribution >= 0.6 is 0 Å². The van der Waals surface area contributed by atoms with Gasteiger partial charge < -0.3 is 14.5 Å². The maximum absolute atomic E-state index is 12.8. The van der Waals surface area contributed by atoms with Gasteiger partial charge in [-0.05, 0) is 37.5 Å². The molecule has 0 aromatic rings. The van der Waals surface area contributed by atoms with Crippen molar-refractivity contribution in [1.82, 2.24) is 9.80 Å². The van der Waals surface area contributed by atoms with Gasteiger partial charge in [-0.3, -0.25) is 4.79 Å². The van der Waals surface area contributed by atoms with Gasteiger partial charge in [0.2, 0.25) is 5.91 Å². The summed E-state index contributed by atoms with van der Waals surface area (Å²) in [5.41, 5.74) is 0. The minimum absolute atomic E-state index is 0.0929. The Labute approximate surface area is 152 Å². The lowest BCUT2D eigenvalue weighted by atomic mass is 9.75. The highest BCUT2D eigenvalue weighted by Gasteiger charge is 2.36. The topological polar surface area (TPSA) is 49.9 Å². The van der Waals surface area contributed by atoms with E-state index in [0.29, 0.717) is 38.0 Å². The molecule has 3 fully saturated rings. The van der Waals surface area contributed by atoms with E-state index in [2.05, 4.69) is 0 Å². The lowest BCUT2D eigenvalue weighted by molar-refractivity contribution is -0.130. The Morgan fingerprint density at radius 2 is 1.20 bits per heavy atom. The quantitative estimate of drug-likeness (QED) is 0.777. The molecule has 25 heavy (non-hydrogen) atoms. The minimum Gasteiger partial charge on any atom is -0.446 e. The minimum atomic E-state index is -0.149. The third-order valence-electron chi connectivity index (χ3n) is 6.45. The maximum atomic E-state index is 12.8. The largest absolute Gasteiger partial charge is 0.446 e. The standard InChI is InChI=1S/C20H34N2O3/c1-16(23)21-12-14-22(15-13-21)20(24)25-19(17-8-4-2-5-9-17)18-10-6-3-7-11-18/h17-19H,2-15H2,1H3. The second-order valence-corrected chi connectivity index (χ2v) is 8.14. The van der Waals surface area contributed by atoms with Crippen LogP contribution in [0.4, 0.5) is 4.79 Å². The first kappa shape index (κ1) is 18.5. The summed E-state index contributed by atoms with van der Waals surface area (Å²) in [5, 5.41) is 0. The molecule has 0 unspecified atom stereocenters. The molecule has 0 spiro atoms. The van der Waals surface area contributed by atoms with E-state index in [9.17, 15) is 9.59 Å². The van der Waals surface area contributed by atoms with Gasteiger partial charge in [-0.1, -0.05) is 38.5 Å². The number of nitrogens with zero attached hydrogens (tertiary/aromatic N) is 2. The Morgan fingerprint density at radius 3 is 1.64 bits per heavy atom. The Bertz CT molecular complexity index is 430. The molecule has 0 aromatic carbocycles. The fourth-order valence-electron chi connectivity index (χ4n) is 4.90. The molecule has 0 aromatic heterocycles. The number of hydrogen-bond acceptors (Lipinski definition) is 3. The molecule has 1 saturated heterocycles. The predicted octanol–water partition coefficient (Wildman–Crippen LogP) is 3.82. The SMILES string of the molecule is CC(=O)N1CCN(C(=O)OC(C2CCCCC2)C2CCCCC2)CC1. The van der Waals surface area contributed by atoms with E-state index in [-0.39, 0.29) is 18.1 Å². The molecule has 2 amide bonds. The van der Waals surface area contributed by atoms with Crippen LogP contribution in [0.2, 0.25) is 0 Å². The van der Waals surface area contributed by atoms with E-state index >= 15 is 0 Å². The second kappa shape index (κ2) is 8.91. The molecule has 142 valence electrons. The molecular formula is C20H34N2O3. The molecule has 0 bridgehead atoms. The Morgan fingerprint density at radius 1 is 0.760 bits per heavy atom. The van der Waals surface area contributed by atoms with Gasteiger partial charge in [-0.25, -0.2) is 4.79 Å². The van der Waals surface area contributed by atoms with Crippen molar-refractivity contribution in [3.63, 3.8) is 0 Å². The van der Waals surface area contributed by atoms with Crippen LogP contribution in [0.25, 0.3) is 0 Å². The first-order chi connectivity index (χ1) is 12.1. The van der Waals surface area contributed by atoms with Crippen LogP contribution in [-0.2, 0) is 9.53 Å². The molecule has 1 heterocycles. The summed E-state index contributed by atoms with van der Waals surface area (Å²) in [5.74, 6) is 1.20. The third kappa shape index (κ3) is 4.89. The first-order valence-electron chi connectivity index (χ1n) is 10.4. The van der Waals surface area contributed by atoms with Gasteiger partial charge in [0.15, 0.2) is 0 Å². The van der Waals surface area contributed by atoms with E-state index < -0.39 is 0 Å². The Kier molecular flexibility index (Phi) is 6.60. The number of carbonyl (C=O) groups is 2. The van der Waals surface area contributed by atoms with Crippen molar-refractivity contribution in [1.29, 1.82) is 0 Å². The molecule has 3 aliphatic rings. The van der Waals surface area contributed by atoms with Crippen LogP contribution in [-0.4, -0.2) is 54.1 Å². The molecule has 5 heteroatoms. The molecule has 2 saturated carbocycles. The summed E-state index contributed by atoms with van der Waals surface area (Å²) in [4.78, 5) is 27.8. The summed E-state index contributed by atoms with van der Waals surface area (Å²) in [6, 6.07) is 0. The molecule has 0 N–H and O–H groups in total. The molecule has 5 nitrogen and oxygen atoms in total. The highest BCUT2D eigenvalue weighted by atomic mass is 16.6. The molecule has 0 atom stereocenters. The van der Waals surface area contributed by atoms with Gasteiger partial charge in [0.1, 0.15) is 6.10 Å². The number of amides is 2. The smallest absolute Gasteiger partial charge is 0.410 e. The van der Waals surface area contributed by atoms with Crippen molar-refractivity contribution in [3.8, 4) is 0 Å². The van der Waals surface area contributed by atoms with Crippen molar-refractivity contribution in [2.24, 2.45) is 11.8 Å². The molecular weight excluding hydrogens is 316 g/mol. The predicted molar refractivity (Wildman–Crippen MR) is 97.2 cm³/mol. The zero-order valence-electron chi connectivity index (χ0n) is 15.8. The molecule has 2 aliphatic carbocycles. The number of rotatable bonds is 3. The Hall–Kier alpha value is -1.26. The van der Waals surface area contributed by atoms with Gasteiger partial charge >= 0.3 is 6.09 Å². The van der Waals surface area contributed by atoms with Crippen LogP contribution in [0, 0.1) is 11.8 Å².